The van der Waals surface area contributed by atoms with Gasteiger partial charge in [-0.3, -0.25) is 4.99 Å². The highest BCUT2D eigenvalue weighted by Crippen LogP contribution is 2.18. The van der Waals surface area contributed by atoms with E-state index in [2.05, 4.69) is 22.1 Å². The van der Waals surface area contributed by atoms with Gasteiger partial charge in [-0.25, -0.2) is 0 Å². The number of benzene rings is 1. The lowest BCUT2D eigenvalue weighted by Gasteiger charge is -2.33. The number of nitrogens with one attached hydrogen (secondary N) is 1. The highest BCUT2D eigenvalue weighted by Gasteiger charge is 2.18. The molecule has 122 valence electrons. The average molecular weight is 305 g/mol. The molecule has 0 saturated carbocycles. The Labute approximate surface area is 133 Å². The standard InChI is InChI=1S/C17H27N3O2/c1-14-6-5-10-20(13-14)17(18-2)19-9-11-22-16-8-4-7-15(12-16)21-3/h4,7-8,12,14H,5-6,9-11,13H2,1-3H3,(H,18,19). The molecule has 1 aromatic carbocycles. The molecule has 1 heterocycles. The quantitative estimate of drug-likeness (QED) is 0.515. The van der Waals surface area contributed by atoms with Crippen molar-refractivity contribution in [1.82, 2.24) is 10.2 Å². The number of hydrogen-bond acceptors (Lipinski definition) is 3. The molecule has 0 aromatic heterocycles. The summed E-state index contributed by atoms with van der Waals surface area (Å²) in [6, 6.07) is 7.66. The number of likely N-dealkylation sites (tertiary alicyclic amines) is 1. The summed E-state index contributed by atoms with van der Waals surface area (Å²) in [4.78, 5) is 6.71. The molecule has 1 aliphatic rings. The fraction of sp³-hybridized carbons (Fsp3) is 0.588. The highest BCUT2D eigenvalue weighted by molar-refractivity contribution is 5.79. The predicted octanol–water partition coefficient (Wildman–Crippen LogP) is 2.38. The molecular weight excluding hydrogens is 278 g/mol. The van der Waals surface area contributed by atoms with E-state index in [4.69, 9.17) is 9.47 Å². The number of guanidine groups is 1. The average Bonchev–Trinajstić information content (AvgIpc) is 2.55. The maximum Gasteiger partial charge on any atom is 0.193 e. The largest absolute Gasteiger partial charge is 0.497 e. The van der Waals surface area contributed by atoms with Crippen molar-refractivity contribution in [2.24, 2.45) is 10.9 Å². The molecule has 1 aromatic rings. The summed E-state index contributed by atoms with van der Waals surface area (Å²) in [6.45, 7) is 5.78. The Morgan fingerprint density at radius 2 is 2.23 bits per heavy atom. The molecular formula is C17H27N3O2. The molecule has 5 heteroatoms. The zero-order valence-electron chi connectivity index (χ0n) is 13.8. The minimum Gasteiger partial charge on any atom is -0.497 e. The second-order valence-corrected chi connectivity index (χ2v) is 5.69. The van der Waals surface area contributed by atoms with Crippen LogP contribution in [0.1, 0.15) is 19.8 Å². The Bertz CT molecular complexity index is 491. The van der Waals surface area contributed by atoms with Gasteiger partial charge in [-0.05, 0) is 30.9 Å². The van der Waals surface area contributed by atoms with Crippen LogP contribution >= 0.6 is 0 Å². The molecule has 0 aliphatic carbocycles. The van der Waals surface area contributed by atoms with Crippen LogP contribution in [0.3, 0.4) is 0 Å². The number of hydrogen-bond donors (Lipinski definition) is 1. The summed E-state index contributed by atoms with van der Waals surface area (Å²) < 4.78 is 10.9. The van der Waals surface area contributed by atoms with E-state index in [1.165, 1.54) is 12.8 Å². The van der Waals surface area contributed by atoms with Gasteiger partial charge >= 0.3 is 0 Å². The first-order valence-corrected chi connectivity index (χ1v) is 7.95. The molecule has 1 N–H and O–H groups in total. The van der Waals surface area contributed by atoms with Crippen LogP contribution in [-0.4, -0.2) is 51.3 Å². The van der Waals surface area contributed by atoms with Gasteiger partial charge in [-0.15, -0.1) is 0 Å². The third-order valence-electron chi connectivity index (χ3n) is 3.86. The third-order valence-corrected chi connectivity index (χ3v) is 3.86. The molecule has 5 nitrogen and oxygen atoms in total. The first kappa shape index (κ1) is 16.5. The number of ether oxygens (including phenoxy) is 2. The number of aliphatic imine (C=N–C) groups is 1. The van der Waals surface area contributed by atoms with Crippen LogP contribution in [0.15, 0.2) is 29.3 Å². The lowest BCUT2D eigenvalue weighted by molar-refractivity contribution is 0.262. The van der Waals surface area contributed by atoms with E-state index in [1.807, 2.05) is 31.3 Å². The van der Waals surface area contributed by atoms with Crippen molar-refractivity contribution in [1.29, 1.82) is 0 Å². The summed E-state index contributed by atoms with van der Waals surface area (Å²) in [5.74, 6) is 3.34. The summed E-state index contributed by atoms with van der Waals surface area (Å²) in [5, 5.41) is 3.38. The zero-order chi connectivity index (χ0) is 15.8. The minimum atomic E-state index is 0.593. The summed E-state index contributed by atoms with van der Waals surface area (Å²) in [7, 11) is 3.49. The Hall–Kier alpha value is -1.91. The first-order chi connectivity index (χ1) is 10.7. The Balaban J connectivity index is 1.74. The van der Waals surface area contributed by atoms with Crippen molar-refractivity contribution in [3.05, 3.63) is 24.3 Å². The lowest BCUT2D eigenvalue weighted by Crippen LogP contribution is -2.47. The van der Waals surface area contributed by atoms with Crippen molar-refractivity contribution >= 4 is 5.96 Å². The Kier molecular flexibility index (Phi) is 6.37. The van der Waals surface area contributed by atoms with Gasteiger partial charge in [0.2, 0.25) is 0 Å². The number of methoxy groups -OCH3 is 1. The Morgan fingerprint density at radius 3 is 2.95 bits per heavy atom. The molecule has 0 amide bonds. The first-order valence-electron chi connectivity index (χ1n) is 7.95. The van der Waals surface area contributed by atoms with E-state index >= 15 is 0 Å². The predicted molar refractivity (Wildman–Crippen MR) is 89.8 cm³/mol. The molecule has 1 atom stereocenters. The molecule has 2 rings (SSSR count). The summed E-state index contributed by atoms with van der Waals surface area (Å²) in [5.41, 5.74) is 0. The van der Waals surface area contributed by atoms with Crippen LogP contribution < -0.4 is 14.8 Å². The van der Waals surface area contributed by atoms with Gasteiger partial charge < -0.3 is 19.7 Å². The maximum absolute atomic E-state index is 5.74. The van der Waals surface area contributed by atoms with Crippen molar-refractivity contribution in [3.8, 4) is 11.5 Å². The fourth-order valence-corrected chi connectivity index (χ4v) is 2.74. The lowest BCUT2D eigenvalue weighted by atomic mass is 10.0. The zero-order valence-corrected chi connectivity index (χ0v) is 13.8. The van der Waals surface area contributed by atoms with Gasteiger partial charge in [0, 0.05) is 26.2 Å². The second-order valence-electron chi connectivity index (χ2n) is 5.69. The molecule has 22 heavy (non-hydrogen) atoms. The van der Waals surface area contributed by atoms with Crippen LogP contribution in [-0.2, 0) is 0 Å². The van der Waals surface area contributed by atoms with Gasteiger partial charge in [0.25, 0.3) is 0 Å². The monoisotopic (exact) mass is 305 g/mol. The van der Waals surface area contributed by atoms with E-state index < -0.39 is 0 Å². The van der Waals surface area contributed by atoms with Crippen LogP contribution in [0.2, 0.25) is 0 Å². The van der Waals surface area contributed by atoms with E-state index in [-0.39, 0.29) is 0 Å². The SMILES string of the molecule is CN=C(NCCOc1cccc(OC)c1)N1CCCC(C)C1. The third kappa shape index (κ3) is 4.83. The van der Waals surface area contributed by atoms with E-state index in [0.717, 1.165) is 43.0 Å². The smallest absolute Gasteiger partial charge is 0.193 e. The van der Waals surface area contributed by atoms with Crippen LogP contribution in [0.25, 0.3) is 0 Å². The fourth-order valence-electron chi connectivity index (χ4n) is 2.74. The van der Waals surface area contributed by atoms with Gasteiger partial charge in [0.15, 0.2) is 5.96 Å². The summed E-state index contributed by atoms with van der Waals surface area (Å²) in [6.07, 6.45) is 2.55. The van der Waals surface area contributed by atoms with E-state index in [9.17, 15) is 0 Å². The Morgan fingerprint density at radius 1 is 1.41 bits per heavy atom. The normalized spacial score (nSPS) is 19.0. The number of piperidine rings is 1. The van der Waals surface area contributed by atoms with Crippen molar-refractivity contribution in [3.63, 3.8) is 0 Å². The van der Waals surface area contributed by atoms with Crippen molar-refractivity contribution in [2.45, 2.75) is 19.8 Å². The molecule has 0 bridgehead atoms. The molecule has 0 radical (unpaired) electrons. The summed E-state index contributed by atoms with van der Waals surface area (Å²) >= 11 is 0. The molecule has 1 aliphatic heterocycles. The molecule has 1 fully saturated rings. The second kappa shape index (κ2) is 8.51. The van der Waals surface area contributed by atoms with Crippen molar-refractivity contribution in [2.75, 3.05) is 40.4 Å². The van der Waals surface area contributed by atoms with Crippen LogP contribution in [0.4, 0.5) is 0 Å². The molecule has 1 unspecified atom stereocenters. The number of rotatable bonds is 5. The highest BCUT2D eigenvalue weighted by atomic mass is 16.5. The van der Waals surface area contributed by atoms with Crippen LogP contribution in [0, 0.1) is 5.92 Å². The van der Waals surface area contributed by atoms with E-state index in [1.54, 1.807) is 7.11 Å². The molecule has 1 saturated heterocycles. The van der Waals surface area contributed by atoms with Gasteiger partial charge in [-0.2, -0.15) is 0 Å². The number of nitrogens with zero attached hydrogens (tertiary/aromatic N) is 2. The van der Waals surface area contributed by atoms with Gasteiger partial charge in [-0.1, -0.05) is 13.0 Å². The van der Waals surface area contributed by atoms with Crippen molar-refractivity contribution < 1.29 is 9.47 Å². The molecule has 0 spiro atoms. The van der Waals surface area contributed by atoms with Gasteiger partial charge in [0.1, 0.15) is 18.1 Å². The minimum absolute atomic E-state index is 0.593. The van der Waals surface area contributed by atoms with Gasteiger partial charge in [0.05, 0.1) is 13.7 Å². The topological polar surface area (TPSA) is 46.1 Å². The van der Waals surface area contributed by atoms with Crippen LogP contribution in [0.5, 0.6) is 11.5 Å². The van der Waals surface area contributed by atoms with E-state index in [0.29, 0.717) is 6.61 Å². The maximum atomic E-state index is 5.74.